The van der Waals surface area contributed by atoms with E-state index in [4.69, 9.17) is 15.3 Å². The van der Waals surface area contributed by atoms with Crippen LogP contribution in [0.2, 0.25) is 0 Å². The van der Waals surface area contributed by atoms with E-state index in [9.17, 15) is 4.79 Å². The Morgan fingerprint density at radius 2 is 2.29 bits per heavy atom. The lowest BCUT2D eigenvalue weighted by Gasteiger charge is -2.05. The lowest BCUT2D eigenvalue weighted by molar-refractivity contribution is 0.0901. The molecule has 94 valence electrons. The zero-order valence-corrected chi connectivity index (χ0v) is 9.81. The van der Waals surface area contributed by atoms with E-state index in [2.05, 4.69) is 4.98 Å². The molecule has 0 aliphatic rings. The zero-order valence-electron chi connectivity index (χ0n) is 9.81. The monoisotopic (exact) mass is 239 g/mol. The van der Waals surface area contributed by atoms with Crippen molar-refractivity contribution in [2.24, 2.45) is 5.84 Å². The number of hydrogen-bond donors (Lipinski definition) is 2. The molecule has 1 aromatic heterocycles. The van der Waals surface area contributed by atoms with Crippen LogP contribution in [-0.4, -0.2) is 31.2 Å². The van der Waals surface area contributed by atoms with Crippen molar-refractivity contribution < 1.29 is 14.3 Å². The van der Waals surface area contributed by atoms with E-state index in [1.54, 1.807) is 25.3 Å². The molecule has 0 spiro atoms. The molecule has 6 nitrogen and oxygen atoms in total. The summed E-state index contributed by atoms with van der Waals surface area (Å²) in [6.45, 7) is 1.64. The summed E-state index contributed by atoms with van der Waals surface area (Å²) in [4.78, 5) is 15.3. The summed E-state index contributed by atoms with van der Waals surface area (Å²) in [6, 6.07) is 5.13. The quantitative estimate of drug-likeness (QED) is 0.308. The fraction of sp³-hybridized carbons (Fsp3) is 0.455. The van der Waals surface area contributed by atoms with E-state index < -0.39 is 5.91 Å². The molecule has 0 atom stereocenters. The van der Waals surface area contributed by atoms with Crippen molar-refractivity contribution in [3.63, 3.8) is 0 Å². The smallest absolute Gasteiger partial charge is 0.283 e. The number of nitrogens with zero attached hydrogens (tertiary/aromatic N) is 1. The molecule has 0 bridgehead atoms. The summed E-state index contributed by atoms with van der Waals surface area (Å²) in [5.41, 5.74) is 3.01. The van der Waals surface area contributed by atoms with Crippen LogP contribution >= 0.6 is 0 Å². The molecule has 6 heteroatoms. The van der Waals surface area contributed by atoms with Gasteiger partial charge in [-0.3, -0.25) is 10.2 Å². The number of methoxy groups -OCH3 is 1. The van der Waals surface area contributed by atoms with E-state index >= 15 is 0 Å². The SMILES string of the molecule is COCCCOCc1cccc(C(=O)NN)n1. The van der Waals surface area contributed by atoms with E-state index in [-0.39, 0.29) is 5.69 Å². The first-order chi connectivity index (χ1) is 8.27. The zero-order chi connectivity index (χ0) is 12.5. The molecule has 1 heterocycles. The Labute approximate surface area is 100 Å². The second-order valence-corrected chi connectivity index (χ2v) is 3.39. The van der Waals surface area contributed by atoms with Crippen molar-refractivity contribution in [1.82, 2.24) is 10.4 Å². The summed E-state index contributed by atoms with van der Waals surface area (Å²) in [6.07, 6.45) is 0.833. The van der Waals surface area contributed by atoms with Gasteiger partial charge in [0, 0.05) is 20.3 Å². The van der Waals surface area contributed by atoms with E-state index in [1.165, 1.54) is 0 Å². The maximum atomic E-state index is 11.2. The second-order valence-electron chi connectivity index (χ2n) is 3.39. The van der Waals surface area contributed by atoms with Gasteiger partial charge in [-0.25, -0.2) is 10.8 Å². The molecule has 17 heavy (non-hydrogen) atoms. The standard InChI is InChI=1S/C11H17N3O3/c1-16-6-3-7-17-8-9-4-2-5-10(13-9)11(15)14-12/h2,4-5H,3,6-8,12H2,1H3,(H,14,15). The summed E-state index contributed by atoms with van der Waals surface area (Å²) in [7, 11) is 1.65. The van der Waals surface area contributed by atoms with E-state index in [1.807, 2.05) is 5.43 Å². The number of nitrogen functional groups attached to an aromatic ring is 1. The number of nitrogens with one attached hydrogen (secondary N) is 1. The van der Waals surface area contributed by atoms with Crippen LogP contribution in [-0.2, 0) is 16.1 Å². The highest BCUT2D eigenvalue weighted by molar-refractivity contribution is 5.91. The van der Waals surface area contributed by atoms with Crippen LogP contribution in [0.5, 0.6) is 0 Å². The number of hydrogen-bond acceptors (Lipinski definition) is 5. The largest absolute Gasteiger partial charge is 0.385 e. The molecular weight excluding hydrogens is 222 g/mol. The van der Waals surface area contributed by atoms with Gasteiger partial charge in [-0.2, -0.15) is 0 Å². The highest BCUT2D eigenvalue weighted by Gasteiger charge is 2.05. The van der Waals surface area contributed by atoms with Gasteiger partial charge in [-0.05, 0) is 18.6 Å². The number of nitrogens with two attached hydrogens (primary N) is 1. The molecule has 0 aliphatic heterocycles. The van der Waals surface area contributed by atoms with Gasteiger partial charge in [0.15, 0.2) is 0 Å². The van der Waals surface area contributed by atoms with Crippen molar-refractivity contribution >= 4 is 5.91 Å². The number of carbonyl (C=O) groups excluding carboxylic acids is 1. The number of amides is 1. The Hall–Kier alpha value is -1.50. The highest BCUT2D eigenvalue weighted by atomic mass is 16.5. The minimum Gasteiger partial charge on any atom is -0.385 e. The van der Waals surface area contributed by atoms with Crippen LogP contribution in [0.25, 0.3) is 0 Å². The first-order valence-corrected chi connectivity index (χ1v) is 5.31. The third-order valence-electron chi connectivity index (χ3n) is 2.06. The van der Waals surface area contributed by atoms with E-state index in [0.29, 0.717) is 25.5 Å². The van der Waals surface area contributed by atoms with Crippen LogP contribution in [0.3, 0.4) is 0 Å². The van der Waals surface area contributed by atoms with Crippen LogP contribution < -0.4 is 11.3 Å². The van der Waals surface area contributed by atoms with Gasteiger partial charge in [0.05, 0.1) is 12.3 Å². The van der Waals surface area contributed by atoms with Crippen molar-refractivity contribution in [1.29, 1.82) is 0 Å². The molecule has 1 rings (SSSR count). The minimum absolute atomic E-state index is 0.283. The highest BCUT2D eigenvalue weighted by Crippen LogP contribution is 2.01. The van der Waals surface area contributed by atoms with Crippen LogP contribution in [0.15, 0.2) is 18.2 Å². The Bertz CT molecular complexity index is 358. The Morgan fingerprint density at radius 3 is 3.00 bits per heavy atom. The van der Waals surface area contributed by atoms with Gasteiger partial charge in [0.1, 0.15) is 5.69 Å². The Morgan fingerprint density at radius 1 is 1.47 bits per heavy atom. The lowest BCUT2D eigenvalue weighted by Crippen LogP contribution is -2.30. The second kappa shape index (κ2) is 7.72. The lowest BCUT2D eigenvalue weighted by atomic mass is 10.3. The van der Waals surface area contributed by atoms with Gasteiger partial charge < -0.3 is 9.47 Å². The maximum absolute atomic E-state index is 11.2. The first kappa shape index (κ1) is 13.6. The van der Waals surface area contributed by atoms with Crippen LogP contribution in [0, 0.1) is 0 Å². The number of hydrazine groups is 1. The average Bonchev–Trinajstić information content (AvgIpc) is 2.38. The Kier molecular flexibility index (Phi) is 6.16. The van der Waals surface area contributed by atoms with Gasteiger partial charge in [0.2, 0.25) is 0 Å². The molecule has 0 aliphatic carbocycles. The molecule has 0 radical (unpaired) electrons. The topological polar surface area (TPSA) is 86.5 Å². The summed E-state index contributed by atoms with van der Waals surface area (Å²) >= 11 is 0. The molecule has 1 amide bonds. The van der Waals surface area contributed by atoms with Gasteiger partial charge in [-0.15, -0.1) is 0 Å². The van der Waals surface area contributed by atoms with Crippen LogP contribution in [0.1, 0.15) is 22.6 Å². The van der Waals surface area contributed by atoms with Crippen molar-refractivity contribution in [2.45, 2.75) is 13.0 Å². The molecular formula is C11H17N3O3. The van der Waals surface area contributed by atoms with Crippen LogP contribution in [0.4, 0.5) is 0 Å². The fourth-order valence-corrected chi connectivity index (χ4v) is 1.24. The number of aromatic nitrogens is 1. The summed E-state index contributed by atoms with van der Waals surface area (Å²) < 4.78 is 10.3. The third-order valence-corrected chi connectivity index (χ3v) is 2.06. The minimum atomic E-state index is -0.411. The first-order valence-electron chi connectivity index (χ1n) is 5.31. The molecule has 0 aromatic carbocycles. The van der Waals surface area contributed by atoms with Gasteiger partial charge in [0.25, 0.3) is 5.91 Å². The molecule has 0 fully saturated rings. The van der Waals surface area contributed by atoms with Gasteiger partial charge >= 0.3 is 0 Å². The number of rotatable bonds is 7. The summed E-state index contributed by atoms with van der Waals surface area (Å²) in [5, 5.41) is 0. The fourth-order valence-electron chi connectivity index (χ4n) is 1.24. The molecule has 1 aromatic rings. The average molecular weight is 239 g/mol. The predicted molar refractivity (Wildman–Crippen MR) is 62.0 cm³/mol. The van der Waals surface area contributed by atoms with Crippen molar-refractivity contribution in [2.75, 3.05) is 20.3 Å². The Balaban J connectivity index is 2.40. The van der Waals surface area contributed by atoms with Crippen molar-refractivity contribution in [3.8, 4) is 0 Å². The number of ether oxygens (including phenoxy) is 2. The molecule has 3 N–H and O–H groups in total. The normalized spacial score (nSPS) is 10.2. The number of pyridine rings is 1. The molecule has 0 unspecified atom stereocenters. The molecule has 0 saturated carbocycles. The number of carbonyl (C=O) groups is 1. The van der Waals surface area contributed by atoms with Crippen molar-refractivity contribution in [3.05, 3.63) is 29.6 Å². The van der Waals surface area contributed by atoms with Gasteiger partial charge in [-0.1, -0.05) is 6.07 Å². The third kappa shape index (κ3) is 4.90. The maximum Gasteiger partial charge on any atom is 0.283 e. The molecule has 0 saturated heterocycles. The van der Waals surface area contributed by atoms with E-state index in [0.717, 1.165) is 6.42 Å². The summed E-state index contributed by atoms with van der Waals surface area (Å²) in [5.74, 6) is 4.61. The predicted octanol–water partition coefficient (Wildman–Crippen LogP) is 0.238.